The highest BCUT2D eigenvalue weighted by molar-refractivity contribution is 6.40. The number of ether oxygens (including phenoxy) is 1. The minimum atomic E-state index is -0.630. The smallest absolute Gasteiger partial charge is 0.270 e. The molecule has 3 rings (SSSR count). The number of para-hydroxylation sites is 1. The van der Waals surface area contributed by atoms with E-state index in [1.165, 1.54) is 0 Å². The highest BCUT2D eigenvalue weighted by Crippen LogP contribution is 2.25. The quantitative estimate of drug-likeness (QED) is 0.872. The molecule has 2 aliphatic rings. The summed E-state index contributed by atoms with van der Waals surface area (Å²) in [5.74, 6) is -0.638. The Balaban J connectivity index is 1.82. The Morgan fingerprint density at radius 3 is 2.70 bits per heavy atom. The van der Waals surface area contributed by atoms with Crippen molar-refractivity contribution in [3.63, 3.8) is 0 Å². The first-order valence-corrected chi connectivity index (χ1v) is 7.68. The van der Waals surface area contributed by atoms with Crippen LogP contribution in [-0.4, -0.2) is 54.3 Å². The first kappa shape index (κ1) is 15.5. The van der Waals surface area contributed by atoms with Crippen LogP contribution in [0.15, 0.2) is 35.4 Å². The lowest BCUT2D eigenvalue weighted by Gasteiger charge is -2.30. The van der Waals surface area contributed by atoms with Gasteiger partial charge in [0.15, 0.2) is 0 Å². The van der Waals surface area contributed by atoms with Gasteiger partial charge in [-0.15, -0.1) is 0 Å². The first-order valence-electron chi connectivity index (χ1n) is 7.68. The zero-order valence-corrected chi connectivity index (χ0v) is 13.0. The molecule has 2 aliphatic heterocycles. The molecule has 2 N–H and O–H groups in total. The summed E-state index contributed by atoms with van der Waals surface area (Å²) in [6.07, 6.45) is 0.237. The summed E-state index contributed by atoms with van der Waals surface area (Å²) >= 11 is 0. The second kappa shape index (κ2) is 6.37. The Labute approximate surface area is 134 Å². The van der Waals surface area contributed by atoms with E-state index in [0.717, 1.165) is 5.69 Å². The average molecular weight is 316 g/mol. The summed E-state index contributed by atoms with van der Waals surface area (Å²) in [5.41, 5.74) is 6.60. The summed E-state index contributed by atoms with van der Waals surface area (Å²) in [4.78, 5) is 26.1. The number of amides is 2. The molecule has 1 aromatic rings. The van der Waals surface area contributed by atoms with E-state index in [1.807, 2.05) is 37.3 Å². The second-order valence-electron chi connectivity index (χ2n) is 5.78. The van der Waals surface area contributed by atoms with E-state index in [-0.39, 0.29) is 18.4 Å². The van der Waals surface area contributed by atoms with Gasteiger partial charge in [0.25, 0.3) is 5.91 Å². The SMILES string of the molecule is C[C@H]1CN(C(=O)C2=NN(c3ccccc3)[C@H](C(N)=O)C2)CCO1. The van der Waals surface area contributed by atoms with Crippen molar-refractivity contribution in [3.05, 3.63) is 30.3 Å². The van der Waals surface area contributed by atoms with Crippen LogP contribution < -0.4 is 10.7 Å². The van der Waals surface area contributed by atoms with Crippen molar-refractivity contribution in [3.8, 4) is 0 Å². The molecule has 0 aromatic heterocycles. The molecule has 7 nitrogen and oxygen atoms in total. The third-order valence-corrected chi connectivity index (χ3v) is 4.03. The lowest BCUT2D eigenvalue weighted by molar-refractivity contribution is -0.130. The average Bonchev–Trinajstić information content (AvgIpc) is 3.00. The van der Waals surface area contributed by atoms with Crippen molar-refractivity contribution < 1.29 is 14.3 Å². The molecule has 0 saturated carbocycles. The van der Waals surface area contributed by atoms with Crippen LogP contribution >= 0.6 is 0 Å². The lowest BCUT2D eigenvalue weighted by Crippen LogP contribution is -2.47. The van der Waals surface area contributed by atoms with E-state index in [4.69, 9.17) is 10.5 Å². The van der Waals surface area contributed by atoms with Crippen LogP contribution in [0, 0.1) is 0 Å². The number of nitrogens with two attached hydrogens (primary N) is 1. The van der Waals surface area contributed by atoms with Gasteiger partial charge in [0.1, 0.15) is 11.8 Å². The fourth-order valence-electron chi connectivity index (χ4n) is 2.87. The zero-order chi connectivity index (χ0) is 16.4. The maximum Gasteiger partial charge on any atom is 0.270 e. The molecule has 0 bridgehead atoms. The molecule has 0 aliphatic carbocycles. The molecule has 2 atom stereocenters. The summed E-state index contributed by atoms with van der Waals surface area (Å²) in [6.45, 7) is 3.51. The number of hydrazone groups is 1. The third kappa shape index (κ3) is 3.19. The van der Waals surface area contributed by atoms with E-state index in [9.17, 15) is 9.59 Å². The zero-order valence-electron chi connectivity index (χ0n) is 13.0. The minimum Gasteiger partial charge on any atom is -0.375 e. The number of morpholine rings is 1. The van der Waals surface area contributed by atoms with Crippen LogP contribution in [-0.2, 0) is 14.3 Å². The van der Waals surface area contributed by atoms with Crippen LogP contribution in [0.4, 0.5) is 5.69 Å². The van der Waals surface area contributed by atoms with Crippen LogP contribution in [0.25, 0.3) is 0 Å². The van der Waals surface area contributed by atoms with Crippen LogP contribution in [0.2, 0.25) is 0 Å². The van der Waals surface area contributed by atoms with Crippen molar-refractivity contribution in [2.24, 2.45) is 10.8 Å². The fourth-order valence-corrected chi connectivity index (χ4v) is 2.87. The van der Waals surface area contributed by atoms with Crippen molar-refractivity contribution in [1.82, 2.24) is 4.90 Å². The molecule has 122 valence electrons. The number of rotatable bonds is 3. The van der Waals surface area contributed by atoms with Gasteiger partial charge in [-0.05, 0) is 19.1 Å². The number of hydrogen-bond acceptors (Lipinski definition) is 5. The van der Waals surface area contributed by atoms with Gasteiger partial charge in [0.2, 0.25) is 5.91 Å². The second-order valence-corrected chi connectivity index (χ2v) is 5.78. The van der Waals surface area contributed by atoms with E-state index < -0.39 is 11.9 Å². The number of anilines is 1. The van der Waals surface area contributed by atoms with E-state index in [2.05, 4.69) is 5.10 Å². The Bertz CT molecular complexity index is 631. The Hall–Kier alpha value is -2.41. The highest BCUT2D eigenvalue weighted by Gasteiger charge is 2.37. The number of benzene rings is 1. The standard InChI is InChI=1S/C16H20N4O3/c1-11-10-19(7-8-23-11)16(22)13-9-14(15(17)21)20(18-13)12-5-3-2-4-6-12/h2-6,11,14H,7-10H2,1H3,(H2,17,21)/t11-,14-/m0/s1. The maximum atomic E-state index is 12.7. The number of carbonyl (C=O) groups excluding carboxylic acids is 2. The minimum absolute atomic E-state index is 0.00636. The molecular formula is C16H20N4O3. The summed E-state index contributed by atoms with van der Waals surface area (Å²) < 4.78 is 5.45. The van der Waals surface area contributed by atoms with Gasteiger partial charge in [0, 0.05) is 19.5 Å². The Morgan fingerprint density at radius 2 is 2.04 bits per heavy atom. The monoisotopic (exact) mass is 316 g/mol. The van der Waals surface area contributed by atoms with Gasteiger partial charge >= 0.3 is 0 Å². The highest BCUT2D eigenvalue weighted by atomic mass is 16.5. The molecule has 23 heavy (non-hydrogen) atoms. The van der Waals surface area contributed by atoms with Crippen molar-refractivity contribution in [2.75, 3.05) is 24.7 Å². The summed E-state index contributed by atoms with van der Waals surface area (Å²) in [5, 5.41) is 5.92. The van der Waals surface area contributed by atoms with Crippen molar-refractivity contribution >= 4 is 23.2 Å². The number of hydrogen-bond donors (Lipinski definition) is 1. The van der Waals surface area contributed by atoms with Gasteiger partial charge in [0.05, 0.1) is 18.4 Å². The van der Waals surface area contributed by atoms with E-state index in [1.54, 1.807) is 9.91 Å². The predicted molar refractivity (Wildman–Crippen MR) is 85.9 cm³/mol. The van der Waals surface area contributed by atoms with E-state index >= 15 is 0 Å². The van der Waals surface area contributed by atoms with Crippen LogP contribution in [0.1, 0.15) is 13.3 Å². The van der Waals surface area contributed by atoms with Gasteiger partial charge in [-0.2, -0.15) is 5.10 Å². The van der Waals surface area contributed by atoms with Crippen molar-refractivity contribution in [2.45, 2.75) is 25.5 Å². The molecule has 2 heterocycles. The molecule has 0 unspecified atom stereocenters. The molecule has 7 heteroatoms. The molecule has 2 amide bonds. The van der Waals surface area contributed by atoms with Gasteiger partial charge < -0.3 is 15.4 Å². The van der Waals surface area contributed by atoms with Crippen LogP contribution in [0.3, 0.4) is 0 Å². The lowest BCUT2D eigenvalue weighted by atomic mass is 10.1. The molecule has 1 fully saturated rings. The molecule has 1 aromatic carbocycles. The Kier molecular flexibility index (Phi) is 4.29. The van der Waals surface area contributed by atoms with Gasteiger partial charge in [-0.25, -0.2) is 0 Å². The third-order valence-electron chi connectivity index (χ3n) is 4.03. The normalized spacial score (nSPS) is 24.5. The molecule has 0 spiro atoms. The Morgan fingerprint density at radius 1 is 1.30 bits per heavy atom. The van der Waals surface area contributed by atoms with E-state index in [0.29, 0.717) is 25.4 Å². The largest absolute Gasteiger partial charge is 0.375 e. The maximum absolute atomic E-state index is 12.7. The fraction of sp³-hybridized carbons (Fsp3) is 0.438. The van der Waals surface area contributed by atoms with Gasteiger partial charge in [-0.1, -0.05) is 18.2 Å². The summed E-state index contributed by atoms with van der Waals surface area (Å²) in [6, 6.07) is 8.63. The number of primary amides is 1. The topological polar surface area (TPSA) is 88.2 Å². The number of nitrogens with zero attached hydrogens (tertiary/aromatic N) is 3. The number of carbonyl (C=O) groups is 2. The molecule has 1 saturated heterocycles. The van der Waals surface area contributed by atoms with Crippen molar-refractivity contribution in [1.29, 1.82) is 0 Å². The summed E-state index contributed by atoms with van der Waals surface area (Å²) in [7, 11) is 0. The predicted octanol–water partition coefficient (Wildman–Crippen LogP) is 0.354. The van der Waals surface area contributed by atoms with Crippen LogP contribution in [0.5, 0.6) is 0 Å². The van der Waals surface area contributed by atoms with Gasteiger partial charge in [-0.3, -0.25) is 14.6 Å². The molecular weight excluding hydrogens is 296 g/mol. The molecule has 0 radical (unpaired) electrons. The first-order chi connectivity index (χ1) is 11.1.